The SMILES string of the molecule is C[C@H](NC(=O)CCNS(=O)(=O)c1cccc(Br)c1)c1cccc2ccccc12. The molecule has 0 heterocycles. The maximum atomic E-state index is 12.3. The number of carbonyl (C=O) groups is 1. The summed E-state index contributed by atoms with van der Waals surface area (Å²) in [6.07, 6.45) is 0.0579. The molecule has 1 amide bonds. The lowest BCUT2D eigenvalue weighted by atomic mass is 9.99. The lowest BCUT2D eigenvalue weighted by Gasteiger charge is -2.17. The second-order valence-electron chi connectivity index (χ2n) is 6.46. The van der Waals surface area contributed by atoms with Gasteiger partial charge in [-0.3, -0.25) is 4.79 Å². The number of sulfonamides is 1. The summed E-state index contributed by atoms with van der Waals surface area (Å²) in [4.78, 5) is 12.4. The highest BCUT2D eigenvalue weighted by Crippen LogP contribution is 2.24. The molecule has 7 heteroatoms. The van der Waals surface area contributed by atoms with Gasteiger partial charge >= 0.3 is 0 Å². The van der Waals surface area contributed by atoms with E-state index in [1.165, 1.54) is 12.1 Å². The monoisotopic (exact) mass is 460 g/mol. The fourth-order valence-electron chi connectivity index (χ4n) is 3.04. The van der Waals surface area contributed by atoms with Crippen LogP contribution in [0.5, 0.6) is 0 Å². The van der Waals surface area contributed by atoms with Crippen LogP contribution in [0.15, 0.2) is 76.1 Å². The summed E-state index contributed by atoms with van der Waals surface area (Å²) in [7, 11) is -3.65. The molecule has 0 aromatic heterocycles. The van der Waals surface area contributed by atoms with Crippen molar-refractivity contribution in [1.29, 1.82) is 0 Å². The van der Waals surface area contributed by atoms with Crippen LogP contribution in [-0.4, -0.2) is 20.9 Å². The second-order valence-corrected chi connectivity index (χ2v) is 9.15. The summed E-state index contributed by atoms with van der Waals surface area (Å²) < 4.78 is 27.7. The smallest absolute Gasteiger partial charge is 0.240 e. The molecule has 0 unspecified atom stereocenters. The predicted octanol–water partition coefficient (Wildman–Crippen LogP) is 4.15. The highest BCUT2D eigenvalue weighted by Gasteiger charge is 2.16. The molecule has 5 nitrogen and oxygen atoms in total. The molecule has 0 saturated heterocycles. The first kappa shape index (κ1) is 20.5. The van der Waals surface area contributed by atoms with Gasteiger partial charge in [-0.25, -0.2) is 13.1 Å². The Hall–Kier alpha value is -2.22. The summed E-state index contributed by atoms with van der Waals surface area (Å²) in [6, 6.07) is 20.2. The summed E-state index contributed by atoms with van der Waals surface area (Å²) in [5.74, 6) is -0.211. The van der Waals surface area contributed by atoms with Gasteiger partial charge in [0.15, 0.2) is 0 Å². The molecule has 0 fully saturated rings. The highest BCUT2D eigenvalue weighted by molar-refractivity contribution is 9.10. The summed E-state index contributed by atoms with van der Waals surface area (Å²) in [5.41, 5.74) is 1.03. The van der Waals surface area contributed by atoms with E-state index < -0.39 is 10.0 Å². The molecule has 0 aliphatic carbocycles. The first-order chi connectivity index (χ1) is 13.4. The van der Waals surface area contributed by atoms with Crippen molar-refractivity contribution in [3.8, 4) is 0 Å². The fraction of sp³-hybridized carbons (Fsp3) is 0.190. The van der Waals surface area contributed by atoms with Gasteiger partial charge in [-0.05, 0) is 41.5 Å². The normalized spacial score (nSPS) is 12.6. The van der Waals surface area contributed by atoms with E-state index in [0.29, 0.717) is 4.47 Å². The van der Waals surface area contributed by atoms with Crippen molar-refractivity contribution in [2.45, 2.75) is 24.3 Å². The number of rotatable bonds is 7. The van der Waals surface area contributed by atoms with E-state index in [1.807, 2.05) is 49.4 Å². The molecular weight excluding hydrogens is 440 g/mol. The minimum absolute atomic E-state index is 0.0307. The zero-order valence-electron chi connectivity index (χ0n) is 15.4. The second kappa shape index (κ2) is 8.86. The molecule has 0 saturated carbocycles. The van der Waals surface area contributed by atoms with Crippen molar-refractivity contribution in [1.82, 2.24) is 10.0 Å². The van der Waals surface area contributed by atoms with Gasteiger partial charge in [-0.1, -0.05) is 64.5 Å². The average molecular weight is 461 g/mol. The molecule has 3 aromatic rings. The van der Waals surface area contributed by atoms with Crippen molar-refractivity contribution >= 4 is 42.6 Å². The van der Waals surface area contributed by atoms with E-state index in [4.69, 9.17) is 0 Å². The molecule has 2 N–H and O–H groups in total. The highest BCUT2D eigenvalue weighted by atomic mass is 79.9. The number of hydrogen-bond acceptors (Lipinski definition) is 3. The number of benzene rings is 3. The lowest BCUT2D eigenvalue weighted by molar-refractivity contribution is -0.121. The number of nitrogens with one attached hydrogen (secondary N) is 2. The van der Waals surface area contributed by atoms with Crippen LogP contribution in [0.1, 0.15) is 24.9 Å². The molecule has 3 aromatic carbocycles. The average Bonchev–Trinajstić information content (AvgIpc) is 2.67. The standard InChI is InChI=1S/C21H21BrN2O3S/c1-15(19-11-4-7-16-6-2-3-10-20(16)19)24-21(25)12-13-23-28(26,27)18-9-5-8-17(22)14-18/h2-11,14-15,23H,12-13H2,1H3,(H,24,25)/t15-/m0/s1. The van der Waals surface area contributed by atoms with Gasteiger partial charge in [-0.15, -0.1) is 0 Å². The Balaban J connectivity index is 1.58. The van der Waals surface area contributed by atoms with Crippen molar-refractivity contribution in [3.63, 3.8) is 0 Å². The van der Waals surface area contributed by atoms with Crippen LogP contribution in [0.2, 0.25) is 0 Å². The molecule has 0 aliphatic rings. The molecule has 1 atom stereocenters. The summed E-state index contributed by atoms with van der Waals surface area (Å²) in [5, 5.41) is 5.15. The zero-order chi connectivity index (χ0) is 20.1. The lowest BCUT2D eigenvalue weighted by Crippen LogP contribution is -2.32. The third kappa shape index (κ3) is 4.98. The third-order valence-corrected chi connectivity index (χ3v) is 6.37. The number of amides is 1. The quantitative estimate of drug-likeness (QED) is 0.555. The number of halogens is 1. The van der Waals surface area contributed by atoms with Gasteiger partial charge in [0, 0.05) is 17.4 Å². The van der Waals surface area contributed by atoms with Crippen LogP contribution in [0.3, 0.4) is 0 Å². The maximum Gasteiger partial charge on any atom is 0.240 e. The minimum atomic E-state index is -3.65. The topological polar surface area (TPSA) is 75.3 Å². The Morgan fingerprint density at radius 3 is 2.54 bits per heavy atom. The van der Waals surface area contributed by atoms with Gasteiger partial charge in [0.05, 0.1) is 10.9 Å². The molecule has 0 aliphatic heterocycles. The van der Waals surface area contributed by atoms with E-state index in [1.54, 1.807) is 12.1 Å². The Bertz CT molecular complexity index is 1090. The van der Waals surface area contributed by atoms with Crippen LogP contribution in [0, 0.1) is 0 Å². The molecular formula is C21H21BrN2O3S. The van der Waals surface area contributed by atoms with E-state index in [9.17, 15) is 13.2 Å². The van der Waals surface area contributed by atoms with Crippen molar-refractivity contribution in [2.75, 3.05) is 6.54 Å². The maximum absolute atomic E-state index is 12.3. The van der Waals surface area contributed by atoms with Crippen LogP contribution in [-0.2, 0) is 14.8 Å². The predicted molar refractivity (Wildman–Crippen MR) is 114 cm³/mol. The molecule has 146 valence electrons. The number of carbonyl (C=O) groups excluding carboxylic acids is 1. The summed E-state index contributed by atoms with van der Waals surface area (Å²) >= 11 is 3.26. The van der Waals surface area contributed by atoms with E-state index in [0.717, 1.165) is 16.3 Å². The minimum Gasteiger partial charge on any atom is -0.350 e. The van der Waals surface area contributed by atoms with Gasteiger partial charge < -0.3 is 5.32 Å². The Kier molecular flexibility index (Phi) is 6.49. The van der Waals surface area contributed by atoms with Gasteiger partial charge in [0.25, 0.3) is 0 Å². The summed E-state index contributed by atoms with van der Waals surface area (Å²) in [6.45, 7) is 1.95. The van der Waals surface area contributed by atoms with E-state index in [2.05, 4.69) is 26.0 Å². The first-order valence-electron chi connectivity index (χ1n) is 8.89. The molecule has 28 heavy (non-hydrogen) atoms. The number of fused-ring (bicyclic) bond motifs is 1. The fourth-order valence-corrected chi connectivity index (χ4v) is 4.66. The molecule has 0 spiro atoms. The zero-order valence-corrected chi connectivity index (χ0v) is 17.8. The van der Waals surface area contributed by atoms with Crippen molar-refractivity contribution in [3.05, 3.63) is 76.8 Å². The van der Waals surface area contributed by atoms with Crippen LogP contribution >= 0.6 is 15.9 Å². The first-order valence-corrected chi connectivity index (χ1v) is 11.2. The Morgan fingerprint density at radius 2 is 1.75 bits per heavy atom. The molecule has 0 bridgehead atoms. The third-order valence-electron chi connectivity index (χ3n) is 4.42. The van der Waals surface area contributed by atoms with Gasteiger partial charge in [0.2, 0.25) is 15.9 Å². The van der Waals surface area contributed by atoms with Crippen molar-refractivity contribution < 1.29 is 13.2 Å². The van der Waals surface area contributed by atoms with Gasteiger partial charge in [0.1, 0.15) is 0 Å². The van der Waals surface area contributed by atoms with E-state index in [-0.39, 0.29) is 29.8 Å². The largest absolute Gasteiger partial charge is 0.350 e. The van der Waals surface area contributed by atoms with Crippen LogP contribution in [0.4, 0.5) is 0 Å². The van der Waals surface area contributed by atoms with Crippen molar-refractivity contribution in [2.24, 2.45) is 0 Å². The Morgan fingerprint density at radius 1 is 1.04 bits per heavy atom. The van der Waals surface area contributed by atoms with Crippen LogP contribution in [0.25, 0.3) is 10.8 Å². The van der Waals surface area contributed by atoms with Crippen LogP contribution < -0.4 is 10.0 Å². The number of hydrogen-bond donors (Lipinski definition) is 2. The molecule has 0 radical (unpaired) electrons. The van der Waals surface area contributed by atoms with E-state index >= 15 is 0 Å². The molecule has 3 rings (SSSR count). The van der Waals surface area contributed by atoms with Gasteiger partial charge in [-0.2, -0.15) is 0 Å². The Labute approximate surface area is 173 Å².